The molecule has 1 amide bonds. The van der Waals surface area contributed by atoms with Crippen molar-refractivity contribution in [1.82, 2.24) is 4.90 Å². The normalized spacial score (nSPS) is 31.9. The van der Waals surface area contributed by atoms with Gasteiger partial charge in [0.1, 0.15) is 6.10 Å². The molecule has 2 heterocycles. The molecule has 5 heteroatoms. The van der Waals surface area contributed by atoms with Crippen molar-refractivity contribution in [2.45, 2.75) is 37.9 Å². The standard InChI is InChI=1S/C13H21NO4/c15-13(18-12-4-6-16-9-12)14-5-3-11(7-14)17-8-10-1-2-10/h10-12H,1-9H2. The van der Waals surface area contributed by atoms with Gasteiger partial charge in [0.15, 0.2) is 0 Å². The van der Waals surface area contributed by atoms with Crippen LogP contribution in [0.3, 0.4) is 0 Å². The van der Waals surface area contributed by atoms with Gasteiger partial charge in [-0.1, -0.05) is 0 Å². The van der Waals surface area contributed by atoms with Gasteiger partial charge < -0.3 is 19.1 Å². The fourth-order valence-electron chi connectivity index (χ4n) is 2.41. The van der Waals surface area contributed by atoms with E-state index in [0.29, 0.717) is 19.8 Å². The molecule has 0 aromatic heterocycles. The summed E-state index contributed by atoms with van der Waals surface area (Å²) in [5.74, 6) is 0.779. The zero-order valence-corrected chi connectivity index (χ0v) is 10.7. The van der Waals surface area contributed by atoms with Gasteiger partial charge in [-0.25, -0.2) is 4.79 Å². The van der Waals surface area contributed by atoms with E-state index >= 15 is 0 Å². The number of carbonyl (C=O) groups excluding carboxylic acids is 1. The van der Waals surface area contributed by atoms with Crippen molar-refractivity contribution in [1.29, 1.82) is 0 Å². The van der Waals surface area contributed by atoms with Gasteiger partial charge in [-0.15, -0.1) is 0 Å². The zero-order chi connectivity index (χ0) is 12.4. The minimum absolute atomic E-state index is 0.0519. The highest BCUT2D eigenvalue weighted by atomic mass is 16.6. The minimum Gasteiger partial charge on any atom is -0.444 e. The number of carbonyl (C=O) groups is 1. The lowest BCUT2D eigenvalue weighted by molar-refractivity contribution is 0.0385. The first kappa shape index (κ1) is 12.2. The van der Waals surface area contributed by atoms with Crippen LogP contribution < -0.4 is 0 Å². The zero-order valence-electron chi connectivity index (χ0n) is 10.7. The van der Waals surface area contributed by atoms with Crippen LogP contribution in [0.5, 0.6) is 0 Å². The van der Waals surface area contributed by atoms with Crippen LogP contribution in [0.1, 0.15) is 25.7 Å². The highest BCUT2D eigenvalue weighted by Crippen LogP contribution is 2.30. The molecule has 0 aromatic rings. The Kier molecular flexibility index (Phi) is 3.70. The molecule has 0 radical (unpaired) electrons. The predicted molar refractivity (Wildman–Crippen MR) is 64.4 cm³/mol. The maximum atomic E-state index is 11.9. The van der Waals surface area contributed by atoms with E-state index in [1.165, 1.54) is 12.8 Å². The van der Waals surface area contributed by atoms with Crippen LogP contribution in [0.15, 0.2) is 0 Å². The maximum absolute atomic E-state index is 11.9. The quantitative estimate of drug-likeness (QED) is 0.762. The molecule has 2 saturated heterocycles. The number of rotatable bonds is 4. The monoisotopic (exact) mass is 255 g/mol. The molecule has 2 atom stereocenters. The van der Waals surface area contributed by atoms with Crippen molar-refractivity contribution in [2.24, 2.45) is 5.92 Å². The van der Waals surface area contributed by atoms with Gasteiger partial charge in [-0.05, 0) is 25.2 Å². The Morgan fingerprint density at radius 3 is 2.83 bits per heavy atom. The molecule has 102 valence electrons. The van der Waals surface area contributed by atoms with Crippen molar-refractivity contribution in [2.75, 3.05) is 32.9 Å². The third kappa shape index (κ3) is 3.14. The van der Waals surface area contributed by atoms with Crippen LogP contribution in [-0.4, -0.2) is 56.1 Å². The molecule has 0 spiro atoms. The second kappa shape index (κ2) is 5.45. The summed E-state index contributed by atoms with van der Waals surface area (Å²) in [5.41, 5.74) is 0. The summed E-state index contributed by atoms with van der Waals surface area (Å²) in [4.78, 5) is 13.6. The second-order valence-corrected chi connectivity index (χ2v) is 5.50. The minimum atomic E-state index is -0.206. The maximum Gasteiger partial charge on any atom is 0.410 e. The highest BCUT2D eigenvalue weighted by Gasteiger charge is 2.31. The van der Waals surface area contributed by atoms with Crippen LogP contribution in [-0.2, 0) is 14.2 Å². The van der Waals surface area contributed by atoms with Gasteiger partial charge in [-0.2, -0.15) is 0 Å². The van der Waals surface area contributed by atoms with E-state index in [9.17, 15) is 4.79 Å². The molecule has 5 nitrogen and oxygen atoms in total. The van der Waals surface area contributed by atoms with Crippen molar-refractivity contribution in [3.05, 3.63) is 0 Å². The van der Waals surface area contributed by atoms with Gasteiger partial charge in [0, 0.05) is 19.6 Å². The molecule has 0 N–H and O–H groups in total. The summed E-state index contributed by atoms with van der Waals surface area (Å²) < 4.78 is 16.4. The first-order valence-corrected chi connectivity index (χ1v) is 6.96. The molecule has 1 aliphatic carbocycles. The van der Waals surface area contributed by atoms with E-state index in [1.807, 2.05) is 0 Å². The summed E-state index contributed by atoms with van der Waals surface area (Å²) in [7, 11) is 0. The number of amides is 1. The molecule has 3 aliphatic rings. The van der Waals surface area contributed by atoms with E-state index in [0.717, 1.165) is 31.9 Å². The third-order valence-corrected chi connectivity index (χ3v) is 3.82. The SMILES string of the molecule is O=C(OC1CCOC1)N1CCC(OCC2CC2)C1. The average Bonchev–Trinajstić information content (AvgIpc) is 2.88. The number of hydrogen-bond acceptors (Lipinski definition) is 4. The van der Waals surface area contributed by atoms with Gasteiger partial charge in [-0.3, -0.25) is 0 Å². The Labute approximate surface area is 107 Å². The van der Waals surface area contributed by atoms with Crippen LogP contribution in [0.25, 0.3) is 0 Å². The second-order valence-electron chi connectivity index (χ2n) is 5.50. The summed E-state index contributed by atoms with van der Waals surface area (Å²) in [5, 5.41) is 0. The fourth-order valence-corrected chi connectivity index (χ4v) is 2.41. The van der Waals surface area contributed by atoms with Crippen LogP contribution in [0, 0.1) is 5.92 Å². The van der Waals surface area contributed by atoms with Crippen molar-refractivity contribution >= 4 is 6.09 Å². The van der Waals surface area contributed by atoms with Gasteiger partial charge in [0.2, 0.25) is 0 Å². The van der Waals surface area contributed by atoms with E-state index in [2.05, 4.69) is 0 Å². The van der Waals surface area contributed by atoms with Crippen LogP contribution in [0.4, 0.5) is 4.79 Å². The lowest BCUT2D eigenvalue weighted by atomic mass is 10.3. The molecule has 0 aromatic carbocycles. The topological polar surface area (TPSA) is 48.0 Å². The Bertz CT molecular complexity index is 299. The van der Waals surface area contributed by atoms with E-state index in [4.69, 9.17) is 14.2 Å². The highest BCUT2D eigenvalue weighted by molar-refractivity contribution is 5.68. The predicted octanol–water partition coefficient (Wildman–Crippen LogP) is 1.41. The molecule has 3 rings (SSSR count). The molecular formula is C13H21NO4. The number of ether oxygens (including phenoxy) is 3. The number of nitrogens with zero attached hydrogens (tertiary/aromatic N) is 1. The van der Waals surface area contributed by atoms with Crippen molar-refractivity contribution in [3.8, 4) is 0 Å². The molecule has 0 bridgehead atoms. The van der Waals surface area contributed by atoms with E-state index < -0.39 is 0 Å². The average molecular weight is 255 g/mol. The molecule has 2 aliphatic heterocycles. The molecule has 18 heavy (non-hydrogen) atoms. The molecular weight excluding hydrogens is 234 g/mol. The lowest BCUT2D eigenvalue weighted by Gasteiger charge is -2.19. The molecule has 1 saturated carbocycles. The van der Waals surface area contributed by atoms with Crippen molar-refractivity contribution in [3.63, 3.8) is 0 Å². The van der Waals surface area contributed by atoms with Gasteiger partial charge in [0.25, 0.3) is 0 Å². The molecule has 2 unspecified atom stereocenters. The first-order chi connectivity index (χ1) is 8.81. The fraction of sp³-hybridized carbons (Fsp3) is 0.923. The lowest BCUT2D eigenvalue weighted by Crippen LogP contribution is -2.33. The largest absolute Gasteiger partial charge is 0.444 e. The Hall–Kier alpha value is -0.810. The van der Waals surface area contributed by atoms with Gasteiger partial charge in [0.05, 0.1) is 25.9 Å². The smallest absolute Gasteiger partial charge is 0.410 e. The summed E-state index contributed by atoms with van der Waals surface area (Å²) in [6, 6.07) is 0. The Morgan fingerprint density at radius 2 is 2.11 bits per heavy atom. The third-order valence-electron chi connectivity index (χ3n) is 3.82. The Morgan fingerprint density at radius 1 is 1.22 bits per heavy atom. The summed E-state index contributed by atoms with van der Waals surface area (Å²) >= 11 is 0. The summed E-state index contributed by atoms with van der Waals surface area (Å²) in [6.45, 7) is 3.54. The van der Waals surface area contributed by atoms with Gasteiger partial charge >= 0.3 is 6.09 Å². The van der Waals surface area contributed by atoms with Crippen LogP contribution >= 0.6 is 0 Å². The number of hydrogen-bond donors (Lipinski definition) is 0. The van der Waals surface area contributed by atoms with Crippen LogP contribution in [0.2, 0.25) is 0 Å². The number of likely N-dealkylation sites (tertiary alicyclic amines) is 1. The first-order valence-electron chi connectivity index (χ1n) is 6.96. The molecule has 3 fully saturated rings. The summed E-state index contributed by atoms with van der Waals surface area (Å²) in [6.07, 6.45) is 4.31. The van der Waals surface area contributed by atoms with Crippen molar-refractivity contribution < 1.29 is 19.0 Å². The van der Waals surface area contributed by atoms with E-state index in [1.54, 1.807) is 4.90 Å². The Balaban J connectivity index is 1.38. The van der Waals surface area contributed by atoms with E-state index in [-0.39, 0.29) is 18.3 Å².